The maximum atomic E-state index is 12.1. The van der Waals surface area contributed by atoms with Gasteiger partial charge in [-0.2, -0.15) is 0 Å². The Morgan fingerprint density at radius 3 is 2.60 bits per heavy atom. The summed E-state index contributed by atoms with van der Waals surface area (Å²) in [6.07, 6.45) is 1.62. The van der Waals surface area contributed by atoms with Gasteiger partial charge in [-0.3, -0.25) is 4.79 Å². The fourth-order valence-corrected chi connectivity index (χ4v) is 2.95. The van der Waals surface area contributed by atoms with Crippen molar-refractivity contribution in [3.05, 3.63) is 28.8 Å². The molecule has 0 unspecified atom stereocenters. The summed E-state index contributed by atoms with van der Waals surface area (Å²) < 4.78 is 27.6. The highest BCUT2D eigenvalue weighted by Gasteiger charge is 2.30. The van der Waals surface area contributed by atoms with Crippen molar-refractivity contribution >= 4 is 37.2 Å². The van der Waals surface area contributed by atoms with Gasteiger partial charge in [-0.25, -0.2) is 8.42 Å². The number of hydrogen-bond acceptors (Lipinski definition) is 4. The van der Waals surface area contributed by atoms with Gasteiger partial charge >= 0.3 is 0 Å². The highest BCUT2D eigenvalue weighted by Crippen LogP contribution is 2.25. The number of methoxy groups -OCH3 is 1. The van der Waals surface area contributed by atoms with Gasteiger partial charge in [0, 0.05) is 23.8 Å². The maximum Gasteiger partial charge on any atom is 0.261 e. The topological polar surface area (TPSA) is 72.5 Å². The maximum absolute atomic E-state index is 12.1. The number of nitrogens with one attached hydrogen (secondary N) is 1. The molecule has 1 aliphatic carbocycles. The summed E-state index contributed by atoms with van der Waals surface area (Å²) in [6, 6.07) is 3.78. The summed E-state index contributed by atoms with van der Waals surface area (Å²) in [4.78, 5) is 11.9. The highest BCUT2D eigenvalue weighted by molar-refractivity contribution is 8.13. The first kappa shape index (κ1) is 15.6. The van der Waals surface area contributed by atoms with Gasteiger partial charge in [0.05, 0.1) is 21.6 Å². The van der Waals surface area contributed by atoms with E-state index in [-0.39, 0.29) is 27.6 Å². The lowest BCUT2D eigenvalue weighted by molar-refractivity contribution is 0.0176. The fraction of sp³-hybridized carbons (Fsp3) is 0.417. The van der Waals surface area contributed by atoms with Crippen LogP contribution in [0.2, 0.25) is 5.02 Å². The van der Waals surface area contributed by atoms with Gasteiger partial charge in [0.25, 0.3) is 15.0 Å². The molecule has 1 aromatic rings. The Morgan fingerprint density at radius 2 is 2.05 bits per heavy atom. The third kappa shape index (κ3) is 3.44. The molecule has 0 aromatic heterocycles. The molecule has 0 aliphatic heterocycles. The van der Waals surface area contributed by atoms with Gasteiger partial charge < -0.3 is 10.1 Å². The third-order valence-corrected chi connectivity index (χ3v) is 4.91. The summed E-state index contributed by atoms with van der Waals surface area (Å²) in [6.45, 7) is 0. The van der Waals surface area contributed by atoms with Crippen LogP contribution in [-0.4, -0.2) is 33.6 Å². The molecule has 8 heteroatoms. The van der Waals surface area contributed by atoms with E-state index < -0.39 is 15.0 Å². The fourth-order valence-electron chi connectivity index (χ4n) is 1.97. The lowest BCUT2D eigenvalue weighted by Crippen LogP contribution is -2.47. The van der Waals surface area contributed by atoms with Crippen molar-refractivity contribution < 1.29 is 17.9 Å². The first-order valence-corrected chi connectivity index (χ1v) is 8.58. The Kier molecular flexibility index (Phi) is 4.59. The van der Waals surface area contributed by atoms with Crippen molar-refractivity contribution in [2.75, 3.05) is 7.11 Å². The van der Waals surface area contributed by atoms with E-state index in [9.17, 15) is 13.2 Å². The number of carbonyl (C=O) groups is 1. The molecular formula is C12H13Cl2NO4S. The Balaban J connectivity index is 2.14. The van der Waals surface area contributed by atoms with Gasteiger partial charge in [-0.05, 0) is 31.0 Å². The van der Waals surface area contributed by atoms with Crippen molar-refractivity contribution in [1.29, 1.82) is 0 Å². The number of hydrogen-bond donors (Lipinski definition) is 1. The van der Waals surface area contributed by atoms with Crippen LogP contribution in [0, 0.1) is 0 Å². The SMILES string of the molecule is COC1CC(NC(=O)c2cc(S(=O)(=O)Cl)ccc2Cl)C1. The van der Waals surface area contributed by atoms with E-state index in [4.69, 9.17) is 27.0 Å². The molecule has 1 amide bonds. The van der Waals surface area contributed by atoms with E-state index >= 15 is 0 Å². The number of amides is 1. The molecular weight excluding hydrogens is 325 g/mol. The van der Waals surface area contributed by atoms with Crippen molar-refractivity contribution in [3.8, 4) is 0 Å². The number of benzene rings is 1. The second-order valence-electron chi connectivity index (χ2n) is 4.58. The van der Waals surface area contributed by atoms with E-state index in [1.807, 2.05) is 0 Å². The zero-order valence-corrected chi connectivity index (χ0v) is 12.9. The van der Waals surface area contributed by atoms with Crippen LogP contribution in [0.3, 0.4) is 0 Å². The summed E-state index contributed by atoms with van der Waals surface area (Å²) in [5, 5.41) is 2.95. The number of ether oxygens (including phenoxy) is 1. The Hall–Kier alpha value is -0.820. The Morgan fingerprint density at radius 1 is 1.40 bits per heavy atom. The third-order valence-electron chi connectivity index (χ3n) is 3.23. The zero-order chi connectivity index (χ0) is 14.9. The van der Waals surface area contributed by atoms with Crippen LogP contribution in [0.15, 0.2) is 23.1 Å². The summed E-state index contributed by atoms with van der Waals surface area (Å²) in [5.74, 6) is -0.420. The minimum atomic E-state index is -3.89. The van der Waals surface area contributed by atoms with Crippen molar-refractivity contribution in [2.24, 2.45) is 0 Å². The van der Waals surface area contributed by atoms with E-state index in [0.29, 0.717) is 0 Å². The Bertz CT molecular complexity index is 626. The lowest BCUT2D eigenvalue weighted by atomic mass is 9.89. The largest absolute Gasteiger partial charge is 0.381 e. The summed E-state index contributed by atoms with van der Waals surface area (Å²) in [7, 11) is 2.98. The average Bonchev–Trinajstić information content (AvgIpc) is 2.31. The van der Waals surface area contributed by atoms with Gasteiger partial charge in [0.1, 0.15) is 0 Å². The summed E-state index contributed by atoms with van der Waals surface area (Å²) in [5.41, 5.74) is 0.0919. The highest BCUT2D eigenvalue weighted by atomic mass is 35.7. The van der Waals surface area contributed by atoms with Gasteiger partial charge in [-0.1, -0.05) is 11.6 Å². The first-order chi connectivity index (χ1) is 9.31. The second kappa shape index (κ2) is 5.89. The van der Waals surface area contributed by atoms with Crippen molar-refractivity contribution in [2.45, 2.75) is 29.9 Å². The molecule has 1 fully saturated rings. The molecule has 0 heterocycles. The van der Waals surface area contributed by atoms with Crippen molar-refractivity contribution in [3.63, 3.8) is 0 Å². The molecule has 20 heavy (non-hydrogen) atoms. The van der Waals surface area contributed by atoms with Crippen LogP contribution in [0.1, 0.15) is 23.2 Å². The smallest absolute Gasteiger partial charge is 0.261 e. The van der Waals surface area contributed by atoms with Crippen LogP contribution in [0.25, 0.3) is 0 Å². The molecule has 1 saturated carbocycles. The molecule has 0 saturated heterocycles. The molecule has 0 bridgehead atoms. The molecule has 2 rings (SSSR count). The van der Waals surface area contributed by atoms with Gasteiger partial charge in [0.15, 0.2) is 0 Å². The second-order valence-corrected chi connectivity index (χ2v) is 7.55. The van der Waals surface area contributed by atoms with E-state index in [2.05, 4.69) is 5.32 Å². The van der Waals surface area contributed by atoms with Gasteiger partial charge in [-0.15, -0.1) is 0 Å². The quantitative estimate of drug-likeness (QED) is 0.854. The number of halogens is 2. The van der Waals surface area contributed by atoms with Crippen LogP contribution in [0.5, 0.6) is 0 Å². The Labute approximate surface area is 126 Å². The van der Waals surface area contributed by atoms with Crippen LogP contribution >= 0.6 is 22.3 Å². The van der Waals surface area contributed by atoms with Gasteiger partial charge in [0.2, 0.25) is 0 Å². The van der Waals surface area contributed by atoms with E-state index in [0.717, 1.165) is 12.8 Å². The number of carbonyl (C=O) groups excluding carboxylic acids is 1. The van der Waals surface area contributed by atoms with E-state index in [1.54, 1.807) is 7.11 Å². The molecule has 1 aromatic carbocycles. The first-order valence-electron chi connectivity index (χ1n) is 5.89. The lowest BCUT2D eigenvalue weighted by Gasteiger charge is -2.34. The molecule has 110 valence electrons. The molecule has 0 atom stereocenters. The predicted octanol–water partition coefficient (Wildman–Crippen LogP) is 2.17. The standard InChI is InChI=1S/C12H13Cl2NO4S/c1-19-8-4-7(5-8)15-12(16)10-6-9(20(14,17)18)2-3-11(10)13/h2-3,6-8H,4-5H2,1H3,(H,15,16). The molecule has 1 aliphatic rings. The minimum absolute atomic E-state index is 0.0137. The predicted molar refractivity (Wildman–Crippen MR) is 75.8 cm³/mol. The van der Waals surface area contributed by atoms with Crippen LogP contribution in [-0.2, 0) is 13.8 Å². The summed E-state index contributed by atoms with van der Waals surface area (Å²) >= 11 is 5.92. The molecule has 5 nitrogen and oxygen atoms in total. The normalized spacial score (nSPS) is 22.1. The monoisotopic (exact) mass is 337 g/mol. The molecule has 1 N–H and O–H groups in total. The van der Waals surface area contributed by atoms with Crippen LogP contribution in [0.4, 0.5) is 0 Å². The average molecular weight is 338 g/mol. The van der Waals surface area contributed by atoms with Crippen molar-refractivity contribution in [1.82, 2.24) is 5.32 Å². The van der Waals surface area contributed by atoms with Crippen LogP contribution < -0.4 is 5.32 Å². The van der Waals surface area contributed by atoms with E-state index in [1.165, 1.54) is 18.2 Å². The minimum Gasteiger partial charge on any atom is -0.381 e. The molecule has 0 radical (unpaired) electrons. The number of rotatable bonds is 4. The zero-order valence-electron chi connectivity index (χ0n) is 10.6. The molecule has 0 spiro atoms.